The molecule has 6 nitrogen and oxygen atoms in total. The van der Waals surface area contributed by atoms with Crippen LogP contribution in [0.4, 0.5) is 4.39 Å². The van der Waals surface area contributed by atoms with Gasteiger partial charge in [-0.05, 0) is 38.0 Å². The fourth-order valence-corrected chi connectivity index (χ4v) is 2.94. The summed E-state index contributed by atoms with van der Waals surface area (Å²) in [6.45, 7) is 2.41. The first-order valence-electron chi connectivity index (χ1n) is 7.99. The Kier molecular flexibility index (Phi) is 6.92. The van der Waals surface area contributed by atoms with Gasteiger partial charge in [-0.1, -0.05) is 15.9 Å². The standard InChI is InChI=1S/C17H19BrFNO5/c1-2-24-16(22)11-5-7-20(8-6-11)15(21)10-25-17(23)13-9-12(18)3-4-14(13)19/h3-4,9,11H,2,5-8,10H2,1H3. The summed E-state index contributed by atoms with van der Waals surface area (Å²) in [5.41, 5.74) is -0.233. The minimum Gasteiger partial charge on any atom is -0.466 e. The number of carbonyl (C=O) groups excluding carboxylic acids is 3. The van der Waals surface area contributed by atoms with E-state index >= 15 is 0 Å². The Morgan fingerprint density at radius 1 is 1.24 bits per heavy atom. The lowest BCUT2D eigenvalue weighted by Crippen LogP contribution is -2.42. The summed E-state index contributed by atoms with van der Waals surface area (Å²) in [4.78, 5) is 37.2. The minimum atomic E-state index is -0.895. The predicted molar refractivity (Wildman–Crippen MR) is 90.3 cm³/mol. The van der Waals surface area contributed by atoms with Gasteiger partial charge in [0, 0.05) is 17.6 Å². The van der Waals surface area contributed by atoms with Crippen LogP contribution in [0.5, 0.6) is 0 Å². The molecule has 0 radical (unpaired) electrons. The molecule has 136 valence electrons. The van der Waals surface area contributed by atoms with Crippen molar-refractivity contribution in [2.24, 2.45) is 5.92 Å². The summed E-state index contributed by atoms with van der Waals surface area (Å²) in [5, 5.41) is 0. The van der Waals surface area contributed by atoms with Crippen LogP contribution in [-0.2, 0) is 19.1 Å². The smallest absolute Gasteiger partial charge is 0.341 e. The van der Waals surface area contributed by atoms with Crippen molar-refractivity contribution in [2.75, 3.05) is 26.3 Å². The Morgan fingerprint density at radius 2 is 1.92 bits per heavy atom. The van der Waals surface area contributed by atoms with Crippen LogP contribution in [0.1, 0.15) is 30.1 Å². The molecular weight excluding hydrogens is 397 g/mol. The highest BCUT2D eigenvalue weighted by Crippen LogP contribution is 2.19. The molecule has 2 rings (SSSR count). The molecule has 1 amide bonds. The number of likely N-dealkylation sites (tertiary alicyclic amines) is 1. The largest absolute Gasteiger partial charge is 0.466 e. The van der Waals surface area contributed by atoms with Crippen molar-refractivity contribution in [3.63, 3.8) is 0 Å². The van der Waals surface area contributed by atoms with Crippen LogP contribution in [0.3, 0.4) is 0 Å². The van der Waals surface area contributed by atoms with Gasteiger partial charge < -0.3 is 14.4 Å². The minimum absolute atomic E-state index is 0.206. The second-order valence-corrected chi connectivity index (χ2v) is 6.52. The van der Waals surface area contributed by atoms with Crippen molar-refractivity contribution in [1.82, 2.24) is 4.90 Å². The van der Waals surface area contributed by atoms with Gasteiger partial charge in [0.1, 0.15) is 5.82 Å². The van der Waals surface area contributed by atoms with Crippen LogP contribution in [0, 0.1) is 11.7 Å². The molecule has 0 saturated carbocycles. The van der Waals surface area contributed by atoms with E-state index in [9.17, 15) is 18.8 Å². The molecule has 1 aromatic rings. The maximum absolute atomic E-state index is 13.6. The van der Waals surface area contributed by atoms with E-state index in [4.69, 9.17) is 9.47 Å². The van der Waals surface area contributed by atoms with E-state index in [1.54, 1.807) is 6.92 Å². The molecule has 1 fully saturated rings. The molecular formula is C17H19BrFNO5. The third-order valence-corrected chi connectivity index (χ3v) is 4.44. The maximum atomic E-state index is 13.6. The number of esters is 2. The number of benzene rings is 1. The third kappa shape index (κ3) is 5.26. The summed E-state index contributed by atoms with van der Waals surface area (Å²) >= 11 is 3.15. The second-order valence-electron chi connectivity index (χ2n) is 5.61. The highest BCUT2D eigenvalue weighted by atomic mass is 79.9. The topological polar surface area (TPSA) is 72.9 Å². The fourth-order valence-electron chi connectivity index (χ4n) is 2.57. The summed E-state index contributed by atoms with van der Waals surface area (Å²) in [7, 11) is 0. The van der Waals surface area contributed by atoms with Crippen molar-refractivity contribution in [2.45, 2.75) is 19.8 Å². The SMILES string of the molecule is CCOC(=O)C1CCN(C(=O)COC(=O)c2cc(Br)ccc2F)CC1. The number of piperidine rings is 1. The zero-order valence-electron chi connectivity index (χ0n) is 13.8. The van der Waals surface area contributed by atoms with Crippen LogP contribution in [0.2, 0.25) is 0 Å². The first-order valence-corrected chi connectivity index (χ1v) is 8.78. The monoisotopic (exact) mass is 415 g/mol. The van der Waals surface area contributed by atoms with Crippen LogP contribution in [-0.4, -0.2) is 49.0 Å². The number of rotatable bonds is 5. The lowest BCUT2D eigenvalue weighted by Gasteiger charge is -2.30. The van der Waals surface area contributed by atoms with Gasteiger partial charge in [0.05, 0.1) is 18.1 Å². The Bertz CT molecular complexity index is 658. The zero-order chi connectivity index (χ0) is 18.4. The third-order valence-electron chi connectivity index (χ3n) is 3.94. The Labute approximate surface area is 153 Å². The molecule has 25 heavy (non-hydrogen) atoms. The molecule has 0 spiro atoms. The highest BCUT2D eigenvalue weighted by Gasteiger charge is 2.28. The normalized spacial score (nSPS) is 14.9. The highest BCUT2D eigenvalue weighted by molar-refractivity contribution is 9.10. The molecule has 1 heterocycles. The molecule has 1 aromatic carbocycles. The second kappa shape index (κ2) is 8.94. The van der Waals surface area contributed by atoms with Gasteiger partial charge in [-0.3, -0.25) is 9.59 Å². The Balaban J connectivity index is 1.82. The molecule has 0 bridgehead atoms. The molecule has 8 heteroatoms. The van der Waals surface area contributed by atoms with Crippen LogP contribution in [0.25, 0.3) is 0 Å². The average molecular weight is 416 g/mol. The van der Waals surface area contributed by atoms with Gasteiger partial charge in [-0.15, -0.1) is 0 Å². The molecule has 0 unspecified atom stereocenters. The average Bonchev–Trinajstić information content (AvgIpc) is 2.61. The van der Waals surface area contributed by atoms with Gasteiger partial charge in [0.15, 0.2) is 6.61 Å². The Morgan fingerprint density at radius 3 is 2.56 bits per heavy atom. The Hall–Kier alpha value is -1.96. The zero-order valence-corrected chi connectivity index (χ0v) is 15.4. The summed E-state index contributed by atoms with van der Waals surface area (Å²) < 4.78 is 24.0. The molecule has 0 atom stereocenters. The van der Waals surface area contributed by atoms with Crippen LogP contribution < -0.4 is 0 Å². The molecule has 1 saturated heterocycles. The van der Waals surface area contributed by atoms with Crippen LogP contribution in [0.15, 0.2) is 22.7 Å². The van der Waals surface area contributed by atoms with E-state index in [1.165, 1.54) is 17.0 Å². The van der Waals surface area contributed by atoms with Crippen molar-refractivity contribution in [1.29, 1.82) is 0 Å². The lowest BCUT2D eigenvalue weighted by molar-refractivity contribution is -0.151. The first-order chi connectivity index (χ1) is 11.9. The number of hydrogen-bond acceptors (Lipinski definition) is 5. The van der Waals surface area contributed by atoms with E-state index in [2.05, 4.69) is 15.9 Å². The predicted octanol–water partition coefficient (Wildman–Crippen LogP) is 2.55. The molecule has 0 N–H and O–H groups in total. The number of amides is 1. The van der Waals surface area contributed by atoms with E-state index in [-0.39, 0.29) is 23.4 Å². The summed E-state index contributed by atoms with van der Waals surface area (Å²) in [6.07, 6.45) is 1.03. The lowest BCUT2D eigenvalue weighted by atomic mass is 9.97. The first kappa shape index (κ1) is 19.4. The number of nitrogens with zero attached hydrogens (tertiary/aromatic N) is 1. The van der Waals surface area contributed by atoms with Gasteiger partial charge in [0.2, 0.25) is 0 Å². The maximum Gasteiger partial charge on any atom is 0.341 e. The van der Waals surface area contributed by atoms with E-state index in [1.807, 2.05) is 0 Å². The van der Waals surface area contributed by atoms with Crippen molar-refractivity contribution < 1.29 is 28.2 Å². The van der Waals surface area contributed by atoms with Gasteiger partial charge in [-0.25, -0.2) is 9.18 Å². The number of ether oxygens (including phenoxy) is 2. The van der Waals surface area contributed by atoms with E-state index < -0.39 is 18.4 Å². The number of halogens is 2. The molecule has 0 aromatic heterocycles. The van der Waals surface area contributed by atoms with E-state index in [0.717, 1.165) is 6.07 Å². The quantitative estimate of drug-likeness (QED) is 0.690. The summed E-state index contributed by atoms with van der Waals surface area (Å²) in [5.74, 6) is -2.43. The van der Waals surface area contributed by atoms with Crippen molar-refractivity contribution in [3.8, 4) is 0 Å². The van der Waals surface area contributed by atoms with Crippen LogP contribution >= 0.6 is 15.9 Å². The molecule has 1 aliphatic rings. The summed E-state index contributed by atoms with van der Waals surface area (Å²) in [6, 6.07) is 3.90. The van der Waals surface area contributed by atoms with Gasteiger partial charge in [0.25, 0.3) is 5.91 Å². The van der Waals surface area contributed by atoms with Crippen molar-refractivity contribution in [3.05, 3.63) is 34.1 Å². The van der Waals surface area contributed by atoms with Gasteiger partial charge >= 0.3 is 11.9 Å². The van der Waals surface area contributed by atoms with Crippen molar-refractivity contribution >= 4 is 33.8 Å². The van der Waals surface area contributed by atoms with E-state index in [0.29, 0.717) is 37.0 Å². The van der Waals surface area contributed by atoms with Gasteiger partial charge in [-0.2, -0.15) is 0 Å². The number of hydrogen-bond donors (Lipinski definition) is 0. The fraction of sp³-hybridized carbons (Fsp3) is 0.471. The molecule has 0 aliphatic carbocycles. The number of carbonyl (C=O) groups is 3. The molecule has 1 aliphatic heterocycles.